The van der Waals surface area contributed by atoms with Crippen molar-refractivity contribution in [3.05, 3.63) is 88.8 Å². The van der Waals surface area contributed by atoms with E-state index >= 15 is 0 Å². The van der Waals surface area contributed by atoms with Gasteiger partial charge < -0.3 is 19.4 Å². The van der Waals surface area contributed by atoms with Gasteiger partial charge in [0.25, 0.3) is 0 Å². The van der Waals surface area contributed by atoms with Gasteiger partial charge in [0.15, 0.2) is 0 Å². The number of anilines is 2. The topological polar surface area (TPSA) is 41.8 Å². The van der Waals surface area contributed by atoms with E-state index < -0.39 is 6.36 Å². The number of rotatable bonds is 7. The maximum absolute atomic E-state index is 12.4. The number of fused-ring (bicyclic) bond motifs is 1. The van der Waals surface area contributed by atoms with Gasteiger partial charge in [-0.15, -0.1) is 13.2 Å². The molecule has 1 aliphatic rings. The highest BCUT2D eigenvalue weighted by Crippen LogP contribution is 2.33. The molecular formula is C28H28ClF3N4O. The molecular weight excluding hydrogens is 501 g/mol. The van der Waals surface area contributed by atoms with E-state index in [1.807, 2.05) is 18.3 Å². The summed E-state index contributed by atoms with van der Waals surface area (Å²) in [7, 11) is 0. The largest absolute Gasteiger partial charge is 0.573 e. The first kappa shape index (κ1) is 25.3. The highest BCUT2D eigenvalue weighted by molar-refractivity contribution is 6.30. The fourth-order valence-corrected chi connectivity index (χ4v) is 5.13. The minimum absolute atomic E-state index is 0.181. The predicted molar refractivity (Wildman–Crippen MR) is 141 cm³/mol. The Morgan fingerprint density at radius 3 is 2.38 bits per heavy atom. The van der Waals surface area contributed by atoms with E-state index in [9.17, 15) is 13.2 Å². The third-order valence-electron chi connectivity index (χ3n) is 6.88. The molecule has 2 aromatic carbocycles. The molecule has 194 valence electrons. The van der Waals surface area contributed by atoms with Crippen molar-refractivity contribution in [2.75, 3.05) is 23.3 Å². The number of nitrogens with one attached hydrogen (secondary N) is 1. The lowest BCUT2D eigenvalue weighted by Gasteiger charge is -2.34. The Kier molecular flexibility index (Phi) is 7.20. The zero-order valence-corrected chi connectivity index (χ0v) is 21.2. The van der Waals surface area contributed by atoms with Crippen LogP contribution in [0.4, 0.5) is 24.5 Å². The van der Waals surface area contributed by atoms with Gasteiger partial charge in [-0.3, -0.25) is 0 Å². The van der Waals surface area contributed by atoms with Gasteiger partial charge in [-0.05, 0) is 73.2 Å². The van der Waals surface area contributed by atoms with Crippen molar-refractivity contribution < 1.29 is 17.9 Å². The minimum Gasteiger partial charge on any atom is -0.406 e. The van der Waals surface area contributed by atoms with Crippen molar-refractivity contribution in [3.8, 4) is 5.75 Å². The predicted octanol–water partition coefficient (Wildman–Crippen LogP) is 7.44. The monoisotopic (exact) mass is 528 g/mol. The normalized spacial score (nSPS) is 14.8. The summed E-state index contributed by atoms with van der Waals surface area (Å²) >= 11 is 6.13. The van der Waals surface area contributed by atoms with E-state index in [1.54, 1.807) is 12.1 Å². The molecule has 0 amide bonds. The number of benzene rings is 2. The van der Waals surface area contributed by atoms with E-state index in [2.05, 4.69) is 50.5 Å². The lowest BCUT2D eigenvalue weighted by molar-refractivity contribution is -0.274. The molecule has 0 bridgehead atoms. The summed E-state index contributed by atoms with van der Waals surface area (Å²) in [6.45, 7) is 4.54. The molecule has 1 N–H and O–H groups in total. The summed E-state index contributed by atoms with van der Waals surface area (Å²) in [5.41, 5.74) is 6.28. The second-order valence-electron chi connectivity index (χ2n) is 9.21. The SMILES string of the molecule is CCc1nc2cc(Cl)ccn2c1CNc1ccc(N2CCC(c3ccc(OC(F)(F)F)cc3)CC2)cc1. The summed E-state index contributed by atoms with van der Waals surface area (Å²) in [5.74, 6) is 0.143. The van der Waals surface area contributed by atoms with E-state index in [1.165, 1.54) is 12.1 Å². The van der Waals surface area contributed by atoms with E-state index in [4.69, 9.17) is 16.6 Å². The molecule has 9 heteroatoms. The highest BCUT2D eigenvalue weighted by atomic mass is 35.5. The highest BCUT2D eigenvalue weighted by Gasteiger charge is 2.31. The summed E-state index contributed by atoms with van der Waals surface area (Å²) in [6, 6.07) is 18.4. The van der Waals surface area contributed by atoms with Gasteiger partial charge in [0.2, 0.25) is 0 Å². The van der Waals surface area contributed by atoms with Crippen LogP contribution >= 0.6 is 11.6 Å². The Bertz CT molecular complexity index is 1350. The van der Waals surface area contributed by atoms with Gasteiger partial charge in [0, 0.05) is 41.8 Å². The van der Waals surface area contributed by atoms with Crippen molar-refractivity contribution >= 4 is 28.6 Å². The summed E-state index contributed by atoms with van der Waals surface area (Å²) in [5, 5.41) is 4.19. The number of aryl methyl sites for hydroxylation is 1. The van der Waals surface area contributed by atoms with Crippen LogP contribution in [0.25, 0.3) is 5.65 Å². The number of pyridine rings is 1. The Morgan fingerprint density at radius 2 is 1.73 bits per heavy atom. The molecule has 2 aromatic heterocycles. The third-order valence-corrected chi connectivity index (χ3v) is 7.11. The molecule has 5 nitrogen and oxygen atoms in total. The number of halogens is 4. The smallest absolute Gasteiger partial charge is 0.406 e. The number of ether oxygens (including phenoxy) is 1. The van der Waals surface area contributed by atoms with Gasteiger partial charge in [-0.25, -0.2) is 4.98 Å². The first-order chi connectivity index (χ1) is 17.8. The van der Waals surface area contributed by atoms with Crippen LogP contribution in [0.5, 0.6) is 5.75 Å². The lowest BCUT2D eigenvalue weighted by Crippen LogP contribution is -2.32. The zero-order chi connectivity index (χ0) is 26.0. The van der Waals surface area contributed by atoms with Crippen LogP contribution in [0.3, 0.4) is 0 Å². The van der Waals surface area contributed by atoms with Crippen LogP contribution in [-0.4, -0.2) is 28.8 Å². The van der Waals surface area contributed by atoms with Crippen LogP contribution in [0.2, 0.25) is 5.02 Å². The number of nitrogens with zero attached hydrogens (tertiary/aromatic N) is 3. The average molecular weight is 529 g/mol. The summed E-state index contributed by atoms with van der Waals surface area (Å²) in [6.07, 6.45) is 0.0171. The fourth-order valence-electron chi connectivity index (χ4n) is 4.98. The summed E-state index contributed by atoms with van der Waals surface area (Å²) < 4.78 is 43.2. The van der Waals surface area contributed by atoms with Gasteiger partial charge in [0.1, 0.15) is 11.4 Å². The first-order valence-corrected chi connectivity index (χ1v) is 12.8. The standard InChI is InChI=1S/C28H28ClF3N4O/c1-2-25-26(36-16-13-21(29)17-27(36)34-25)18-33-22-5-7-23(8-6-22)35-14-11-20(12-15-35)19-3-9-24(10-4-19)37-28(30,31)32/h3-10,13,16-17,20,33H,2,11-12,14-15,18H2,1H3. The zero-order valence-electron chi connectivity index (χ0n) is 20.4. The molecule has 0 atom stereocenters. The average Bonchev–Trinajstić information content (AvgIpc) is 3.24. The number of aromatic nitrogens is 2. The van der Waals surface area contributed by atoms with Crippen molar-refractivity contribution in [3.63, 3.8) is 0 Å². The van der Waals surface area contributed by atoms with E-state index in [0.717, 1.165) is 66.3 Å². The van der Waals surface area contributed by atoms with Gasteiger partial charge in [-0.1, -0.05) is 30.7 Å². The van der Waals surface area contributed by atoms with E-state index in [-0.39, 0.29) is 5.75 Å². The van der Waals surface area contributed by atoms with Crippen LogP contribution in [0.15, 0.2) is 66.9 Å². The Labute approximate surface area is 218 Å². The molecule has 1 fully saturated rings. The van der Waals surface area contributed by atoms with Crippen molar-refractivity contribution in [2.45, 2.75) is 45.0 Å². The number of imidazole rings is 1. The Balaban J connectivity index is 1.17. The Hall–Kier alpha value is -3.39. The van der Waals surface area contributed by atoms with Crippen molar-refractivity contribution in [2.24, 2.45) is 0 Å². The lowest BCUT2D eigenvalue weighted by atomic mass is 9.89. The minimum atomic E-state index is -4.67. The summed E-state index contributed by atoms with van der Waals surface area (Å²) in [4.78, 5) is 7.06. The number of hydrogen-bond donors (Lipinski definition) is 1. The maximum atomic E-state index is 12.4. The fraction of sp³-hybridized carbons (Fsp3) is 0.321. The maximum Gasteiger partial charge on any atom is 0.573 e. The molecule has 0 radical (unpaired) electrons. The molecule has 3 heterocycles. The second kappa shape index (κ2) is 10.5. The molecule has 37 heavy (non-hydrogen) atoms. The molecule has 5 rings (SSSR count). The third kappa shape index (κ3) is 5.96. The quantitative estimate of drug-likeness (QED) is 0.270. The van der Waals surface area contributed by atoms with Crippen molar-refractivity contribution in [1.82, 2.24) is 9.38 Å². The van der Waals surface area contributed by atoms with Gasteiger partial charge in [-0.2, -0.15) is 0 Å². The first-order valence-electron chi connectivity index (χ1n) is 12.4. The van der Waals surface area contributed by atoms with Crippen molar-refractivity contribution in [1.29, 1.82) is 0 Å². The van der Waals surface area contributed by atoms with Crippen LogP contribution in [0, 0.1) is 0 Å². The van der Waals surface area contributed by atoms with E-state index in [0.29, 0.717) is 17.5 Å². The Morgan fingerprint density at radius 1 is 1.03 bits per heavy atom. The molecule has 1 aliphatic heterocycles. The number of alkyl halides is 3. The van der Waals surface area contributed by atoms with Gasteiger partial charge >= 0.3 is 6.36 Å². The van der Waals surface area contributed by atoms with Gasteiger partial charge in [0.05, 0.1) is 17.9 Å². The number of hydrogen-bond acceptors (Lipinski definition) is 4. The van der Waals surface area contributed by atoms with Crippen LogP contribution in [-0.2, 0) is 13.0 Å². The molecule has 0 unspecified atom stereocenters. The number of piperidine rings is 1. The molecule has 0 saturated carbocycles. The molecule has 0 aliphatic carbocycles. The molecule has 4 aromatic rings. The molecule has 0 spiro atoms. The molecule has 1 saturated heterocycles. The van der Waals surface area contributed by atoms with Crippen LogP contribution in [0.1, 0.15) is 42.6 Å². The van der Waals surface area contributed by atoms with Crippen LogP contribution < -0.4 is 15.0 Å². The second-order valence-corrected chi connectivity index (χ2v) is 9.65.